The van der Waals surface area contributed by atoms with Gasteiger partial charge in [0.25, 0.3) is 0 Å². The fraction of sp³-hybridized carbons (Fsp3) is 0.774. The van der Waals surface area contributed by atoms with Gasteiger partial charge in [-0.25, -0.2) is 0 Å². The van der Waals surface area contributed by atoms with E-state index in [0.29, 0.717) is 92.4 Å². The molecule has 0 spiro atoms. The van der Waals surface area contributed by atoms with E-state index in [1.807, 2.05) is 6.21 Å². The first kappa shape index (κ1) is 35.6. The number of hydrogen-bond donors (Lipinski definition) is 0. The molecular weight excluding hydrogens is 498 g/mol. The van der Waals surface area contributed by atoms with E-state index in [1.54, 1.807) is 7.11 Å². The van der Waals surface area contributed by atoms with E-state index in [0.717, 1.165) is 5.56 Å². The minimum atomic E-state index is 0.542. The molecule has 0 fully saturated rings. The van der Waals surface area contributed by atoms with E-state index in [9.17, 15) is 0 Å². The third-order valence-corrected chi connectivity index (χ3v) is 5.95. The highest BCUT2D eigenvalue weighted by Crippen LogP contribution is 2.11. The Balaban J connectivity index is 1.81. The van der Waals surface area contributed by atoms with Crippen molar-refractivity contribution >= 4 is 6.21 Å². The first-order chi connectivity index (χ1) is 19.4. The Kier molecular flexibility index (Phi) is 27.0. The molecule has 0 amide bonds. The molecule has 0 aliphatic rings. The lowest BCUT2D eigenvalue weighted by Gasteiger charge is -2.08. The van der Waals surface area contributed by atoms with Gasteiger partial charge in [0.2, 0.25) is 0 Å². The first-order valence-corrected chi connectivity index (χ1v) is 14.9. The summed E-state index contributed by atoms with van der Waals surface area (Å²) in [5.41, 5.74) is 2.56. The number of aryl methyl sites for hydroxylation is 1. The van der Waals surface area contributed by atoms with Gasteiger partial charge in [-0.2, -0.15) is 0 Å². The maximum absolute atomic E-state index is 5.58. The van der Waals surface area contributed by atoms with Crippen LogP contribution in [0.2, 0.25) is 0 Å². The van der Waals surface area contributed by atoms with Gasteiger partial charge in [-0.1, -0.05) is 69.7 Å². The van der Waals surface area contributed by atoms with Gasteiger partial charge in [-0.05, 0) is 24.0 Å². The average molecular weight is 554 g/mol. The summed E-state index contributed by atoms with van der Waals surface area (Å²) < 4.78 is 37.6. The number of hydrogen-bond acceptors (Lipinski definition) is 8. The molecule has 0 unspecified atom stereocenters. The Hall–Kier alpha value is -1.39. The Bertz CT molecular complexity index is 642. The number of nitrogens with zero attached hydrogens (tertiary/aromatic N) is 1. The molecule has 1 rings (SSSR count). The molecule has 0 aliphatic carbocycles. The van der Waals surface area contributed by atoms with Crippen LogP contribution in [0.25, 0.3) is 0 Å². The van der Waals surface area contributed by atoms with Crippen molar-refractivity contribution < 1.29 is 33.2 Å². The Labute approximate surface area is 237 Å². The summed E-state index contributed by atoms with van der Waals surface area (Å²) in [6.45, 7) is 10.2. The monoisotopic (exact) mass is 553 g/mol. The van der Waals surface area contributed by atoms with Crippen LogP contribution in [0.15, 0.2) is 29.3 Å². The molecule has 1 aromatic rings. The summed E-state index contributed by atoms with van der Waals surface area (Å²) >= 11 is 0. The third-order valence-electron chi connectivity index (χ3n) is 5.95. The Morgan fingerprint density at radius 1 is 0.538 bits per heavy atom. The number of methoxy groups -OCH3 is 1. The number of rotatable bonds is 30. The summed E-state index contributed by atoms with van der Waals surface area (Å²) in [5, 5.41) is 0. The smallest absolute Gasteiger partial charge is 0.0701 e. The normalized spacial score (nSPS) is 11.6. The van der Waals surface area contributed by atoms with E-state index < -0.39 is 0 Å². The zero-order valence-electron chi connectivity index (χ0n) is 24.7. The molecule has 0 heterocycles. The summed E-state index contributed by atoms with van der Waals surface area (Å²) in [6, 6.07) is 8.76. The van der Waals surface area contributed by atoms with Crippen molar-refractivity contribution in [3.63, 3.8) is 0 Å². The van der Waals surface area contributed by atoms with Crippen LogP contribution in [0.5, 0.6) is 0 Å². The number of benzene rings is 1. The molecule has 1 aromatic carbocycles. The van der Waals surface area contributed by atoms with Crippen molar-refractivity contribution in [1.29, 1.82) is 0 Å². The van der Waals surface area contributed by atoms with Gasteiger partial charge in [0.1, 0.15) is 0 Å². The van der Waals surface area contributed by atoms with Crippen LogP contribution >= 0.6 is 0 Å². The van der Waals surface area contributed by atoms with Gasteiger partial charge in [0.15, 0.2) is 0 Å². The average Bonchev–Trinajstić information content (AvgIpc) is 2.96. The van der Waals surface area contributed by atoms with Crippen LogP contribution in [0.4, 0.5) is 0 Å². The summed E-state index contributed by atoms with van der Waals surface area (Å²) in [4.78, 5) is 4.46. The molecule has 0 aliphatic heterocycles. The summed E-state index contributed by atoms with van der Waals surface area (Å²) in [5.74, 6) is 0. The van der Waals surface area contributed by atoms with E-state index in [4.69, 9.17) is 33.2 Å². The van der Waals surface area contributed by atoms with Crippen molar-refractivity contribution in [2.75, 3.05) is 99.5 Å². The highest BCUT2D eigenvalue weighted by molar-refractivity contribution is 5.79. The standard InChI is InChI=1S/C31H55NO7/c1-3-4-5-6-7-8-9-10-30-11-13-31(14-12-30)29-32-15-16-34-19-20-36-23-24-38-27-28-39-26-25-37-22-21-35-18-17-33-2/h11-14,29H,3-10,15-28H2,1-2H3. The van der Waals surface area contributed by atoms with Crippen LogP contribution in [-0.2, 0) is 39.6 Å². The number of ether oxygens (including phenoxy) is 7. The predicted molar refractivity (Wildman–Crippen MR) is 157 cm³/mol. The van der Waals surface area contributed by atoms with Crippen LogP contribution in [0.3, 0.4) is 0 Å². The molecule has 39 heavy (non-hydrogen) atoms. The molecule has 0 saturated heterocycles. The predicted octanol–water partition coefficient (Wildman–Crippen LogP) is 5.14. The quantitative estimate of drug-likeness (QED) is 0.0964. The van der Waals surface area contributed by atoms with Crippen molar-refractivity contribution in [3.05, 3.63) is 35.4 Å². The molecular formula is C31H55NO7. The maximum Gasteiger partial charge on any atom is 0.0701 e. The number of aliphatic imine (C=N–C) groups is 1. The minimum Gasteiger partial charge on any atom is -0.382 e. The summed E-state index contributed by atoms with van der Waals surface area (Å²) in [6.07, 6.45) is 12.6. The molecule has 0 radical (unpaired) electrons. The molecule has 226 valence electrons. The van der Waals surface area contributed by atoms with E-state index in [2.05, 4.69) is 36.2 Å². The van der Waals surface area contributed by atoms with Crippen LogP contribution in [0.1, 0.15) is 63.0 Å². The second-order valence-electron chi connectivity index (χ2n) is 9.32. The second-order valence-corrected chi connectivity index (χ2v) is 9.32. The van der Waals surface area contributed by atoms with Gasteiger partial charge in [-0.3, -0.25) is 4.99 Å². The third kappa shape index (κ3) is 25.3. The zero-order chi connectivity index (χ0) is 27.9. The van der Waals surface area contributed by atoms with Crippen LogP contribution in [0, 0.1) is 0 Å². The molecule has 0 bridgehead atoms. The maximum atomic E-state index is 5.58. The first-order valence-electron chi connectivity index (χ1n) is 14.9. The highest BCUT2D eigenvalue weighted by Gasteiger charge is 1.97. The van der Waals surface area contributed by atoms with Crippen molar-refractivity contribution in [1.82, 2.24) is 0 Å². The lowest BCUT2D eigenvalue weighted by molar-refractivity contribution is -0.0188. The SMILES string of the molecule is CCCCCCCCCc1ccc(C=NCCOCCOCCOCCOCCOCCOCCOC)cc1. The molecule has 8 nitrogen and oxygen atoms in total. The fourth-order valence-electron chi connectivity index (χ4n) is 3.69. The van der Waals surface area contributed by atoms with Crippen molar-refractivity contribution in [2.45, 2.75) is 58.3 Å². The largest absolute Gasteiger partial charge is 0.382 e. The van der Waals surface area contributed by atoms with Crippen LogP contribution < -0.4 is 0 Å². The topological polar surface area (TPSA) is 77.0 Å². The summed E-state index contributed by atoms with van der Waals surface area (Å²) in [7, 11) is 1.65. The van der Waals surface area contributed by atoms with Gasteiger partial charge in [-0.15, -0.1) is 0 Å². The van der Waals surface area contributed by atoms with Crippen molar-refractivity contribution in [3.8, 4) is 0 Å². The van der Waals surface area contributed by atoms with Crippen LogP contribution in [-0.4, -0.2) is 106 Å². The van der Waals surface area contributed by atoms with Gasteiger partial charge in [0, 0.05) is 13.3 Å². The lowest BCUT2D eigenvalue weighted by atomic mass is 10.0. The molecule has 0 aromatic heterocycles. The molecule has 0 N–H and O–H groups in total. The fourth-order valence-corrected chi connectivity index (χ4v) is 3.69. The van der Waals surface area contributed by atoms with E-state index in [1.165, 1.54) is 56.9 Å². The van der Waals surface area contributed by atoms with Gasteiger partial charge >= 0.3 is 0 Å². The van der Waals surface area contributed by atoms with E-state index >= 15 is 0 Å². The number of unbranched alkanes of at least 4 members (excludes halogenated alkanes) is 6. The highest BCUT2D eigenvalue weighted by atomic mass is 16.6. The minimum absolute atomic E-state index is 0.542. The second kappa shape index (κ2) is 29.6. The lowest BCUT2D eigenvalue weighted by Crippen LogP contribution is -2.14. The van der Waals surface area contributed by atoms with Crippen molar-refractivity contribution in [2.24, 2.45) is 4.99 Å². The van der Waals surface area contributed by atoms with E-state index in [-0.39, 0.29) is 0 Å². The zero-order valence-corrected chi connectivity index (χ0v) is 24.7. The molecule has 0 saturated carbocycles. The van der Waals surface area contributed by atoms with Gasteiger partial charge in [0.05, 0.1) is 92.4 Å². The molecule has 0 atom stereocenters. The Morgan fingerprint density at radius 3 is 1.46 bits per heavy atom. The van der Waals surface area contributed by atoms with Gasteiger partial charge < -0.3 is 33.2 Å². The Morgan fingerprint density at radius 2 is 0.974 bits per heavy atom. The molecule has 8 heteroatoms.